The Morgan fingerprint density at radius 3 is 2.79 bits per heavy atom. The maximum atomic E-state index is 13.0. The van der Waals surface area contributed by atoms with Crippen molar-refractivity contribution in [2.75, 3.05) is 0 Å². The molecular formula is C13H8FN3O2. The molecule has 0 aliphatic carbocycles. The molecule has 2 heterocycles. The van der Waals surface area contributed by atoms with Crippen molar-refractivity contribution in [3.8, 4) is 28.6 Å². The molecule has 0 bridgehead atoms. The van der Waals surface area contributed by atoms with Gasteiger partial charge in [0, 0.05) is 23.5 Å². The van der Waals surface area contributed by atoms with Gasteiger partial charge >= 0.3 is 0 Å². The summed E-state index contributed by atoms with van der Waals surface area (Å²) >= 11 is 0. The van der Waals surface area contributed by atoms with E-state index in [9.17, 15) is 9.50 Å². The quantitative estimate of drug-likeness (QED) is 0.764. The number of pyridine rings is 1. The Morgan fingerprint density at radius 1 is 1.16 bits per heavy atom. The second-order valence-corrected chi connectivity index (χ2v) is 3.83. The summed E-state index contributed by atoms with van der Waals surface area (Å²) < 4.78 is 18.0. The number of halogens is 1. The number of benzene rings is 1. The van der Waals surface area contributed by atoms with Crippen molar-refractivity contribution in [1.82, 2.24) is 15.1 Å². The number of aromatic hydroxyl groups is 1. The van der Waals surface area contributed by atoms with Crippen molar-refractivity contribution < 1.29 is 14.0 Å². The van der Waals surface area contributed by atoms with Gasteiger partial charge in [-0.2, -0.15) is 4.98 Å². The Labute approximate surface area is 107 Å². The highest BCUT2D eigenvalue weighted by Crippen LogP contribution is 2.26. The van der Waals surface area contributed by atoms with Crippen LogP contribution in [0.4, 0.5) is 4.39 Å². The standard InChI is InChI=1S/C13H8FN3O2/c14-10-4-3-8(6-11(10)18)13-16-12(17-19-13)9-2-1-5-15-7-9/h1-7,18H. The average molecular weight is 257 g/mol. The maximum Gasteiger partial charge on any atom is 0.258 e. The highest BCUT2D eigenvalue weighted by Gasteiger charge is 2.12. The third-order valence-electron chi connectivity index (χ3n) is 2.54. The second-order valence-electron chi connectivity index (χ2n) is 3.83. The van der Waals surface area contributed by atoms with E-state index in [4.69, 9.17) is 4.52 Å². The molecule has 0 unspecified atom stereocenters. The summed E-state index contributed by atoms with van der Waals surface area (Å²) in [6.45, 7) is 0. The van der Waals surface area contributed by atoms with Crippen LogP contribution in [0.25, 0.3) is 22.8 Å². The highest BCUT2D eigenvalue weighted by molar-refractivity contribution is 5.60. The molecule has 2 aromatic heterocycles. The molecule has 3 rings (SSSR count). The number of phenolic OH excluding ortho intramolecular Hbond substituents is 1. The van der Waals surface area contributed by atoms with Gasteiger partial charge in [0.1, 0.15) is 0 Å². The van der Waals surface area contributed by atoms with Crippen LogP contribution in [-0.2, 0) is 0 Å². The number of hydrogen-bond donors (Lipinski definition) is 1. The molecule has 0 radical (unpaired) electrons. The lowest BCUT2D eigenvalue weighted by molar-refractivity contribution is 0.425. The molecule has 0 saturated heterocycles. The minimum atomic E-state index is -0.698. The van der Waals surface area contributed by atoms with E-state index in [1.165, 1.54) is 12.1 Å². The van der Waals surface area contributed by atoms with Crippen molar-refractivity contribution in [3.05, 3.63) is 48.5 Å². The third-order valence-corrected chi connectivity index (χ3v) is 2.54. The van der Waals surface area contributed by atoms with Gasteiger partial charge in [-0.15, -0.1) is 0 Å². The molecule has 0 atom stereocenters. The van der Waals surface area contributed by atoms with Gasteiger partial charge < -0.3 is 9.63 Å². The Balaban J connectivity index is 1.99. The molecule has 6 heteroatoms. The summed E-state index contributed by atoms with van der Waals surface area (Å²) in [4.78, 5) is 8.13. The average Bonchev–Trinajstić information content (AvgIpc) is 2.93. The molecule has 0 spiro atoms. The van der Waals surface area contributed by atoms with Crippen LogP contribution < -0.4 is 0 Å². The van der Waals surface area contributed by atoms with Crippen LogP contribution in [0.1, 0.15) is 0 Å². The van der Waals surface area contributed by atoms with E-state index in [0.29, 0.717) is 17.0 Å². The summed E-state index contributed by atoms with van der Waals surface area (Å²) in [5.41, 5.74) is 1.16. The summed E-state index contributed by atoms with van der Waals surface area (Å²) in [5, 5.41) is 13.1. The first kappa shape index (κ1) is 11.3. The molecule has 94 valence electrons. The van der Waals surface area contributed by atoms with E-state index < -0.39 is 11.6 Å². The molecule has 0 fully saturated rings. The summed E-state index contributed by atoms with van der Waals surface area (Å²) in [6, 6.07) is 7.38. The van der Waals surface area contributed by atoms with Crippen molar-refractivity contribution in [2.24, 2.45) is 0 Å². The maximum absolute atomic E-state index is 13.0. The molecule has 0 amide bonds. The predicted molar refractivity (Wildman–Crippen MR) is 64.6 cm³/mol. The van der Waals surface area contributed by atoms with Gasteiger partial charge in [0.05, 0.1) is 0 Å². The van der Waals surface area contributed by atoms with Crippen molar-refractivity contribution in [3.63, 3.8) is 0 Å². The topological polar surface area (TPSA) is 72.0 Å². The number of nitrogens with zero attached hydrogens (tertiary/aromatic N) is 3. The van der Waals surface area contributed by atoms with Gasteiger partial charge in [0.25, 0.3) is 5.89 Å². The molecular weight excluding hydrogens is 249 g/mol. The Hall–Kier alpha value is -2.76. The van der Waals surface area contributed by atoms with E-state index in [-0.39, 0.29) is 5.89 Å². The minimum absolute atomic E-state index is 0.203. The zero-order chi connectivity index (χ0) is 13.2. The molecule has 1 aromatic carbocycles. The van der Waals surface area contributed by atoms with E-state index in [1.54, 1.807) is 24.5 Å². The number of hydrogen-bond acceptors (Lipinski definition) is 5. The lowest BCUT2D eigenvalue weighted by Gasteiger charge is -1.96. The lowest BCUT2D eigenvalue weighted by Crippen LogP contribution is -1.83. The van der Waals surface area contributed by atoms with Crippen LogP contribution >= 0.6 is 0 Å². The zero-order valence-electron chi connectivity index (χ0n) is 9.62. The molecule has 0 aliphatic rings. The fraction of sp³-hybridized carbons (Fsp3) is 0. The number of phenols is 1. The normalized spacial score (nSPS) is 10.6. The third kappa shape index (κ3) is 2.15. The van der Waals surface area contributed by atoms with E-state index in [2.05, 4.69) is 15.1 Å². The first-order chi connectivity index (χ1) is 9.24. The monoisotopic (exact) mass is 257 g/mol. The van der Waals surface area contributed by atoms with Crippen molar-refractivity contribution in [2.45, 2.75) is 0 Å². The van der Waals surface area contributed by atoms with Gasteiger partial charge in [-0.05, 0) is 30.3 Å². The zero-order valence-corrected chi connectivity index (χ0v) is 9.62. The fourth-order valence-electron chi connectivity index (χ4n) is 1.60. The Kier molecular flexibility index (Phi) is 2.68. The van der Waals surface area contributed by atoms with Crippen LogP contribution in [0.15, 0.2) is 47.2 Å². The second kappa shape index (κ2) is 4.49. The fourth-order valence-corrected chi connectivity index (χ4v) is 1.60. The number of rotatable bonds is 2. The molecule has 5 nitrogen and oxygen atoms in total. The SMILES string of the molecule is Oc1cc(-c2nc(-c3cccnc3)no2)ccc1F. The van der Waals surface area contributed by atoms with Gasteiger partial charge in [-0.3, -0.25) is 4.98 Å². The van der Waals surface area contributed by atoms with Gasteiger partial charge in [-0.25, -0.2) is 4.39 Å². The first-order valence-electron chi connectivity index (χ1n) is 5.47. The predicted octanol–water partition coefficient (Wildman–Crippen LogP) is 2.64. The highest BCUT2D eigenvalue weighted by atomic mass is 19.1. The molecule has 3 aromatic rings. The van der Waals surface area contributed by atoms with Crippen LogP contribution in [0.3, 0.4) is 0 Å². The molecule has 19 heavy (non-hydrogen) atoms. The summed E-state index contributed by atoms with van der Waals surface area (Å²) in [5.74, 6) is -0.574. The smallest absolute Gasteiger partial charge is 0.258 e. The van der Waals surface area contributed by atoms with E-state index >= 15 is 0 Å². The Morgan fingerprint density at radius 2 is 2.05 bits per heavy atom. The van der Waals surface area contributed by atoms with Gasteiger partial charge in [-0.1, -0.05) is 5.16 Å². The lowest BCUT2D eigenvalue weighted by atomic mass is 10.2. The van der Waals surface area contributed by atoms with Crippen LogP contribution in [-0.4, -0.2) is 20.2 Å². The van der Waals surface area contributed by atoms with Gasteiger partial charge in [0.15, 0.2) is 11.6 Å². The summed E-state index contributed by atoms with van der Waals surface area (Å²) in [7, 11) is 0. The minimum Gasteiger partial charge on any atom is -0.505 e. The summed E-state index contributed by atoms with van der Waals surface area (Å²) in [6.07, 6.45) is 3.25. The van der Waals surface area contributed by atoms with Crippen LogP contribution in [0.2, 0.25) is 0 Å². The molecule has 0 aliphatic heterocycles. The van der Waals surface area contributed by atoms with Crippen molar-refractivity contribution >= 4 is 0 Å². The van der Waals surface area contributed by atoms with Crippen LogP contribution in [0.5, 0.6) is 5.75 Å². The molecule has 1 N–H and O–H groups in total. The van der Waals surface area contributed by atoms with Crippen molar-refractivity contribution in [1.29, 1.82) is 0 Å². The largest absolute Gasteiger partial charge is 0.505 e. The van der Waals surface area contributed by atoms with E-state index in [1.807, 2.05) is 0 Å². The molecule has 0 saturated carbocycles. The van der Waals surface area contributed by atoms with E-state index in [0.717, 1.165) is 6.07 Å². The first-order valence-corrected chi connectivity index (χ1v) is 5.47. The number of aromatic nitrogens is 3. The Bertz CT molecular complexity index is 713. The van der Waals surface area contributed by atoms with Gasteiger partial charge in [0.2, 0.25) is 5.82 Å². The van der Waals surface area contributed by atoms with Crippen LogP contribution in [0, 0.1) is 5.82 Å².